The maximum Gasteiger partial charge on any atom is 0.181 e. The van der Waals surface area contributed by atoms with Gasteiger partial charge in [0, 0.05) is 24.1 Å². The molecule has 0 amide bonds. The summed E-state index contributed by atoms with van der Waals surface area (Å²) in [5, 5.41) is 14.4. The topological polar surface area (TPSA) is 77.0 Å². The van der Waals surface area contributed by atoms with Crippen molar-refractivity contribution in [3.05, 3.63) is 35.7 Å². The lowest BCUT2D eigenvalue weighted by Gasteiger charge is -2.30. The highest BCUT2D eigenvalue weighted by Crippen LogP contribution is 2.33. The van der Waals surface area contributed by atoms with Gasteiger partial charge in [-0.3, -0.25) is 0 Å². The largest absolute Gasteiger partial charge is 0.392 e. The van der Waals surface area contributed by atoms with Crippen LogP contribution in [0.15, 0.2) is 18.2 Å². The Morgan fingerprint density at radius 3 is 2.69 bits per heavy atom. The minimum absolute atomic E-state index is 0. The Morgan fingerprint density at radius 2 is 2.04 bits per heavy atom. The number of halogens is 3. The average Bonchev–Trinajstić information content (AvgIpc) is 3.02. The first-order valence-corrected chi connectivity index (χ1v) is 8.83. The third-order valence-electron chi connectivity index (χ3n) is 4.83. The van der Waals surface area contributed by atoms with Crippen LogP contribution in [0.25, 0.3) is 11.4 Å². The average molecular weight is 387 g/mol. The molecule has 3 N–H and O–H groups in total. The van der Waals surface area contributed by atoms with E-state index in [-0.39, 0.29) is 24.4 Å². The molecule has 26 heavy (non-hydrogen) atoms. The van der Waals surface area contributed by atoms with Crippen LogP contribution in [-0.2, 0) is 6.54 Å². The van der Waals surface area contributed by atoms with Crippen LogP contribution in [-0.4, -0.2) is 32.0 Å². The zero-order chi connectivity index (χ0) is 18.0. The first kappa shape index (κ1) is 20.7. The summed E-state index contributed by atoms with van der Waals surface area (Å²) >= 11 is 0. The number of hydrogen-bond acceptors (Lipinski definition) is 4. The summed E-state index contributed by atoms with van der Waals surface area (Å²) in [5.74, 6) is -0.476. The molecule has 3 rings (SSSR count). The van der Waals surface area contributed by atoms with Crippen molar-refractivity contribution in [2.24, 2.45) is 5.73 Å². The number of aliphatic hydroxyl groups is 1. The van der Waals surface area contributed by atoms with Gasteiger partial charge in [0.1, 0.15) is 5.82 Å². The Labute approximate surface area is 158 Å². The second-order valence-electron chi connectivity index (χ2n) is 6.74. The molecule has 1 saturated carbocycles. The molecule has 144 valence electrons. The van der Waals surface area contributed by atoms with E-state index in [2.05, 4.69) is 17.0 Å². The number of rotatable bonds is 5. The molecule has 1 heterocycles. The fourth-order valence-corrected chi connectivity index (χ4v) is 3.31. The van der Waals surface area contributed by atoms with Crippen molar-refractivity contribution in [2.75, 3.05) is 0 Å². The van der Waals surface area contributed by atoms with Gasteiger partial charge in [0.05, 0.1) is 6.10 Å². The quantitative estimate of drug-likeness (QED) is 0.825. The molecule has 0 bridgehead atoms. The predicted molar refractivity (Wildman–Crippen MR) is 98.1 cm³/mol. The predicted octanol–water partition coefficient (Wildman–Crippen LogP) is 3.40. The fourth-order valence-electron chi connectivity index (χ4n) is 3.31. The molecule has 0 saturated heterocycles. The fraction of sp³-hybridized carbons (Fsp3) is 0.556. The van der Waals surface area contributed by atoms with Gasteiger partial charge in [-0.25, -0.2) is 18.4 Å². The lowest BCUT2D eigenvalue weighted by Crippen LogP contribution is -2.40. The highest BCUT2D eigenvalue weighted by Gasteiger charge is 2.31. The standard InChI is InChI=1S/C18H24F2N4O.ClH/c1-2-3-8-24-18(12-5-7-16(25)15(21)10-12)22-17(23-24)11-4-6-13(19)14(20)9-11;/h4,6,9,12,15-16,25H,2-3,5,7-8,10,21H2,1H3;1H/t12-,15+,16+;/m0./s1. The second kappa shape index (κ2) is 8.88. The Bertz CT molecular complexity index is 740. The first-order valence-electron chi connectivity index (χ1n) is 8.83. The van der Waals surface area contributed by atoms with Crippen LogP contribution in [0.5, 0.6) is 0 Å². The summed E-state index contributed by atoms with van der Waals surface area (Å²) in [6, 6.07) is 3.42. The van der Waals surface area contributed by atoms with Gasteiger partial charge in [-0.15, -0.1) is 12.4 Å². The van der Waals surface area contributed by atoms with Crippen LogP contribution in [0.4, 0.5) is 8.78 Å². The van der Waals surface area contributed by atoms with Crippen molar-refractivity contribution in [2.45, 2.75) is 63.6 Å². The number of hydrogen-bond donors (Lipinski definition) is 2. The molecule has 8 heteroatoms. The van der Waals surface area contributed by atoms with E-state index in [1.807, 2.05) is 4.68 Å². The van der Waals surface area contributed by atoms with Gasteiger partial charge >= 0.3 is 0 Å². The number of aromatic nitrogens is 3. The molecule has 0 spiro atoms. The Hall–Kier alpha value is -1.57. The number of aliphatic hydroxyl groups excluding tert-OH is 1. The summed E-state index contributed by atoms with van der Waals surface area (Å²) in [5.41, 5.74) is 6.47. The minimum atomic E-state index is -0.910. The molecular formula is C18H25ClF2N4O. The van der Waals surface area contributed by atoms with E-state index in [4.69, 9.17) is 5.73 Å². The lowest BCUT2D eigenvalue weighted by molar-refractivity contribution is 0.0984. The molecule has 3 atom stereocenters. The van der Waals surface area contributed by atoms with Crippen molar-refractivity contribution in [3.63, 3.8) is 0 Å². The first-order chi connectivity index (χ1) is 12.0. The van der Waals surface area contributed by atoms with E-state index in [1.165, 1.54) is 6.07 Å². The third kappa shape index (κ3) is 4.39. The summed E-state index contributed by atoms with van der Waals surface area (Å²) < 4.78 is 28.6. The molecule has 1 fully saturated rings. The molecule has 0 radical (unpaired) electrons. The smallest absolute Gasteiger partial charge is 0.181 e. The Morgan fingerprint density at radius 1 is 1.27 bits per heavy atom. The molecule has 1 aliphatic rings. The number of benzene rings is 1. The van der Waals surface area contributed by atoms with Crippen LogP contribution >= 0.6 is 12.4 Å². The molecule has 2 aromatic rings. The van der Waals surface area contributed by atoms with E-state index in [1.54, 1.807) is 0 Å². The lowest BCUT2D eigenvalue weighted by atomic mass is 9.83. The summed E-state index contributed by atoms with van der Waals surface area (Å²) in [6.07, 6.45) is 3.55. The minimum Gasteiger partial charge on any atom is -0.392 e. The summed E-state index contributed by atoms with van der Waals surface area (Å²) in [4.78, 5) is 4.61. The highest BCUT2D eigenvalue weighted by atomic mass is 35.5. The second-order valence-corrected chi connectivity index (χ2v) is 6.74. The van der Waals surface area contributed by atoms with Crippen LogP contribution in [0.3, 0.4) is 0 Å². The number of unbranched alkanes of at least 4 members (excludes halogenated alkanes) is 1. The van der Waals surface area contributed by atoms with E-state index in [9.17, 15) is 13.9 Å². The van der Waals surface area contributed by atoms with Crippen molar-refractivity contribution in [1.82, 2.24) is 14.8 Å². The maximum absolute atomic E-state index is 13.5. The van der Waals surface area contributed by atoms with Gasteiger partial charge in [0.25, 0.3) is 0 Å². The maximum atomic E-state index is 13.5. The molecule has 0 unspecified atom stereocenters. The number of nitrogens with zero attached hydrogens (tertiary/aromatic N) is 3. The van der Waals surface area contributed by atoms with Gasteiger partial charge in [-0.1, -0.05) is 13.3 Å². The molecular weight excluding hydrogens is 362 g/mol. The molecule has 0 aliphatic heterocycles. The van der Waals surface area contributed by atoms with Crippen LogP contribution in [0.1, 0.15) is 50.8 Å². The normalized spacial score (nSPS) is 22.9. The highest BCUT2D eigenvalue weighted by molar-refractivity contribution is 5.85. The number of aryl methyl sites for hydroxylation is 1. The van der Waals surface area contributed by atoms with E-state index in [0.717, 1.165) is 43.8 Å². The SMILES string of the molecule is CCCCn1nc(-c2ccc(F)c(F)c2)nc1[C@H]1CC[C@@H](O)[C@H](N)C1.Cl. The Kier molecular flexibility index (Phi) is 7.08. The van der Waals surface area contributed by atoms with Gasteiger partial charge in [-0.05, 0) is 43.9 Å². The van der Waals surface area contributed by atoms with Gasteiger partial charge in [-0.2, -0.15) is 5.10 Å². The van der Waals surface area contributed by atoms with Crippen LogP contribution in [0, 0.1) is 11.6 Å². The molecule has 1 aliphatic carbocycles. The monoisotopic (exact) mass is 386 g/mol. The zero-order valence-corrected chi connectivity index (χ0v) is 15.6. The summed E-state index contributed by atoms with van der Waals surface area (Å²) in [6.45, 7) is 2.82. The van der Waals surface area contributed by atoms with Gasteiger partial charge in [0.15, 0.2) is 17.5 Å². The third-order valence-corrected chi connectivity index (χ3v) is 4.83. The summed E-state index contributed by atoms with van der Waals surface area (Å²) in [7, 11) is 0. The number of nitrogens with two attached hydrogens (primary N) is 1. The van der Waals surface area contributed by atoms with Crippen molar-refractivity contribution >= 4 is 12.4 Å². The molecule has 1 aromatic carbocycles. The van der Waals surface area contributed by atoms with E-state index >= 15 is 0 Å². The molecule has 1 aromatic heterocycles. The van der Waals surface area contributed by atoms with Crippen LogP contribution < -0.4 is 5.73 Å². The van der Waals surface area contributed by atoms with Crippen molar-refractivity contribution in [3.8, 4) is 11.4 Å². The zero-order valence-electron chi connectivity index (χ0n) is 14.7. The van der Waals surface area contributed by atoms with E-state index < -0.39 is 17.7 Å². The van der Waals surface area contributed by atoms with Crippen LogP contribution in [0.2, 0.25) is 0 Å². The Balaban J connectivity index is 0.00000243. The van der Waals surface area contributed by atoms with Crippen molar-refractivity contribution in [1.29, 1.82) is 0 Å². The van der Waals surface area contributed by atoms with Gasteiger partial charge < -0.3 is 10.8 Å². The van der Waals surface area contributed by atoms with Gasteiger partial charge in [0.2, 0.25) is 0 Å². The van der Waals surface area contributed by atoms with E-state index in [0.29, 0.717) is 24.2 Å². The van der Waals surface area contributed by atoms with Crippen molar-refractivity contribution < 1.29 is 13.9 Å². The molecule has 5 nitrogen and oxygen atoms in total.